The van der Waals surface area contributed by atoms with Gasteiger partial charge in [-0.25, -0.2) is 5.43 Å². The van der Waals surface area contributed by atoms with Crippen molar-refractivity contribution in [1.29, 1.82) is 0 Å². The van der Waals surface area contributed by atoms with E-state index in [1.807, 2.05) is 50.4 Å². The number of hydrogen-bond acceptors (Lipinski definition) is 4. The topological polar surface area (TPSA) is 70.6 Å². The number of nitrogens with zero attached hydrogens (tertiary/aromatic N) is 1. The van der Waals surface area contributed by atoms with Crippen LogP contribution in [0.3, 0.4) is 0 Å². The predicted octanol–water partition coefficient (Wildman–Crippen LogP) is 2.96. The first-order valence-corrected chi connectivity index (χ1v) is 8.59. The monoisotopic (exact) mass is 343 g/mol. The third-order valence-electron chi connectivity index (χ3n) is 3.43. The Morgan fingerprint density at radius 3 is 2.62 bits per heavy atom. The Hall–Kier alpha value is -2.47. The molecule has 0 radical (unpaired) electrons. The van der Waals surface area contributed by atoms with Gasteiger partial charge in [-0.05, 0) is 36.4 Å². The molecule has 2 N–H and O–H groups in total. The lowest BCUT2D eigenvalue weighted by Gasteiger charge is -2.20. The van der Waals surface area contributed by atoms with Gasteiger partial charge in [0.05, 0.1) is 6.21 Å². The van der Waals surface area contributed by atoms with Crippen molar-refractivity contribution in [2.24, 2.45) is 11.0 Å². The zero-order valence-electron chi connectivity index (χ0n) is 13.9. The Morgan fingerprint density at radius 2 is 2.00 bits per heavy atom. The molecule has 2 amide bonds. The van der Waals surface area contributed by atoms with Gasteiger partial charge >= 0.3 is 0 Å². The fraction of sp³-hybridized carbons (Fsp3) is 0.278. The van der Waals surface area contributed by atoms with E-state index in [-0.39, 0.29) is 17.7 Å². The lowest BCUT2D eigenvalue weighted by molar-refractivity contribution is -0.123. The Morgan fingerprint density at radius 1 is 1.21 bits per heavy atom. The van der Waals surface area contributed by atoms with E-state index in [1.54, 1.807) is 18.3 Å². The van der Waals surface area contributed by atoms with Crippen LogP contribution in [0.25, 0.3) is 0 Å². The van der Waals surface area contributed by atoms with E-state index in [2.05, 4.69) is 15.8 Å². The van der Waals surface area contributed by atoms with E-state index in [4.69, 9.17) is 0 Å². The molecule has 0 fully saturated rings. The number of benzene rings is 1. The Balaban J connectivity index is 2.00. The maximum Gasteiger partial charge on any atom is 0.262 e. The first kappa shape index (κ1) is 17.9. The number of thiophene rings is 1. The highest BCUT2D eigenvalue weighted by atomic mass is 32.1. The normalized spacial score (nSPS) is 12.3. The molecule has 0 saturated carbocycles. The van der Waals surface area contributed by atoms with Gasteiger partial charge in [-0.1, -0.05) is 37.6 Å². The number of rotatable bonds is 6. The molecule has 2 rings (SSSR count). The van der Waals surface area contributed by atoms with Gasteiger partial charge in [-0.15, -0.1) is 11.3 Å². The molecule has 126 valence electrons. The van der Waals surface area contributed by atoms with Crippen LogP contribution in [0.1, 0.15) is 34.6 Å². The molecule has 0 saturated heterocycles. The van der Waals surface area contributed by atoms with Gasteiger partial charge in [-0.2, -0.15) is 5.10 Å². The van der Waals surface area contributed by atoms with Crippen molar-refractivity contribution in [2.45, 2.75) is 26.8 Å². The van der Waals surface area contributed by atoms with Crippen LogP contribution >= 0.6 is 11.3 Å². The third kappa shape index (κ3) is 5.03. The van der Waals surface area contributed by atoms with Crippen LogP contribution < -0.4 is 10.7 Å². The Labute approximate surface area is 145 Å². The number of carbonyl (C=O) groups is 2. The quantitative estimate of drug-likeness (QED) is 0.625. The van der Waals surface area contributed by atoms with E-state index in [1.165, 1.54) is 11.3 Å². The van der Waals surface area contributed by atoms with Gasteiger partial charge in [0.2, 0.25) is 0 Å². The molecule has 0 bridgehead atoms. The SMILES string of the molecule is Cc1cccc(C(=O)NC(C(=O)N/N=C/c2cccs2)C(C)C)c1. The van der Waals surface area contributed by atoms with Crippen LogP contribution in [-0.4, -0.2) is 24.1 Å². The molecule has 1 aromatic carbocycles. The molecule has 0 aliphatic heterocycles. The molecule has 1 aromatic heterocycles. The predicted molar refractivity (Wildman–Crippen MR) is 97.3 cm³/mol. The molecular formula is C18H21N3O2S. The summed E-state index contributed by atoms with van der Waals surface area (Å²) in [5, 5.41) is 8.66. The fourth-order valence-corrected chi connectivity index (χ4v) is 2.72. The minimum Gasteiger partial charge on any atom is -0.340 e. The molecule has 5 nitrogen and oxygen atoms in total. The van der Waals surface area contributed by atoms with Crippen molar-refractivity contribution >= 4 is 29.4 Å². The van der Waals surface area contributed by atoms with Gasteiger partial charge in [0.15, 0.2) is 0 Å². The summed E-state index contributed by atoms with van der Waals surface area (Å²) in [6, 6.07) is 10.4. The summed E-state index contributed by atoms with van der Waals surface area (Å²) in [4.78, 5) is 25.6. The minimum atomic E-state index is -0.654. The number of aryl methyl sites for hydroxylation is 1. The second kappa shape index (κ2) is 8.40. The van der Waals surface area contributed by atoms with Crippen molar-refractivity contribution in [3.63, 3.8) is 0 Å². The standard InChI is InChI=1S/C18H21N3O2S/c1-12(2)16(18(23)21-19-11-15-8-5-9-24-15)20-17(22)14-7-4-6-13(3)10-14/h4-12,16H,1-3H3,(H,20,22)(H,21,23)/b19-11+. The summed E-state index contributed by atoms with van der Waals surface area (Å²) < 4.78 is 0. The molecule has 24 heavy (non-hydrogen) atoms. The fourth-order valence-electron chi connectivity index (χ4n) is 2.14. The molecular weight excluding hydrogens is 322 g/mol. The largest absolute Gasteiger partial charge is 0.340 e. The van der Waals surface area contributed by atoms with Crippen LogP contribution in [0.15, 0.2) is 46.9 Å². The highest BCUT2D eigenvalue weighted by molar-refractivity contribution is 7.11. The third-order valence-corrected chi connectivity index (χ3v) is 4.23. The number of carbonyl (C=O) groups excluding carboxylic acids is 2. The van der Waals surface area contributed by atoms with Crippen molar-refractivity contribution in [2.75, 3.05) is 0 Å². The molecule has 1 heterocycles. The molecule has 1 atom stereocenters. The summed E-state index contributed by atoms with van der Waals surface area (Å²) >= 11 is 1.53. The maximum atomic E-state index is 12.3. The lowest BCUT2D eigenvalue weighted by Crippen LogP contribution is -2.48. The number of hydrazone groups is 1. The van der Waals surface area contributed by atoms with Crippen LogP contribution in [0.4, 0.5) is 0 Å². The highest BCUT2D eigenvalue weighted by Gasteiger charge is 2.24. The zero-order chi connectivity index (χ0) is 17.5. The van der Waals surface area contributed by atoms with Crippen LogP contribution in [0.5, 0.6) is 0 Å². The van der Waals surface area contributed by atoms with Crippen LogP contribution in [0.2, 0.25) is 0 Å². The smallest absolute Gasteiger partial charge is 0.262 e. The van der Waals surface area contributed by atoms with Crippen molar-refractivity contribution in [3.8, 4) is 0 Å². The van der Waals surface area contributed by atoms with E-state index in [0.717, 1.165) is 10.4 Å². The first-order valence-electron chi connectivity index (χ1n) is 7.71. The summed E-state index contributed by atoms with van der Waals surface area (Å²) in [6.45, 7) is 5.68. The Bertz CT molecular complexity index is 724. The number of amides is 2. The second-order valence-electron chi connectivity index (χ2n) is 5.81. The molecule has 6 heteroatoms. The molecule has 1 unspecified atom stereocenters. The van der Waals surface area contributed by atoms with Gasteiger partial charge in [0.1, 0.15) is 6.04 Å². The molecule has 0 aliphatic carbocycles. The average Bonchev–Trinajstić information content (AvgIpc) is 3.05. The van der Waals surface area contributed by atoms with E-state index < -0.39 is 6.04 Å². The first-order chi connectivity index (χ1) is 11.5. The molecule has 2 aromatic rings. The summed E-state index contributed by atoms with van der Waals surface area (Å²) in [5.74, 6) is -0.663. The number of hydrogen-bond donors (Lipinski definition) is 2. The van der Waals surface area contributed by atoms with E-state index >= 15 is 0 Å². The zero-order valence-corrected chi connectivity index (χ0v) is 14.8. The molecule has 0 aliphatic rings. The van der Waals surface area contributed by atoms with Gasteiger partial charge in [-0.3, -0.25) is 9.59 Å². The van der Waals surface area contributed by atoms with Gasteiger partial charge in [0, 0.05) is 10.4 Å². The maximum absolute atomic E-state index is 12.3. The Kier molecular flexibility index (Phi) is 6.26. The average molecular weight is 343 g/mol. The van der Waals surface area contributed by atoms with Gasteiger partial charge in [0.25, 0.3) is 11.8 Å². The minimum absolute atomic E-state index is 0.0595. The van der Waals surface area contributed by atoms with E-state index in [0.29, 0.717) is 5.56 Å². The van der Waals surface area contributed by atoms with Crippen molar-refractivity contribution in [1.82, 2.24) is 10.7 Å². The van der Waals surface area contributed by atoms with E-state index in [9.17, 15) is 9.59 Å². The van der Waals surface area contributed by atoms with Crippen molar-refractivity contribution < 1.29 is 9.59 Å². The summed E-state index contributed by atoms with van der Waals surface area (Å²) in [5.41, 5.74) is 4.02. The van der Waals surface area contributed by atoms with Crippen LogP contribution in [0, 0.1) is 12.8 Å². The van der Waals surface area contributed by atoms with Gasteiger partial charge < -0.3 is 5.32 Å². The highest BCUT2D eigenvalue weighted by Crippen LogP contribution is 2.08. The molecule has 0 spiro atoms. The van der Waals surface area contributed by atoms with Crippen molar-refractivity contribution in [3.05, 3.63) is 57.8 Å². The van der Waals surface area contributed by atoms with Crippen LogP contribution in [-0.2, 0) is 4.79 Å². The summed E-state index contributed by atoms with van der Waals surface area (Å²) in [7, 11) is 0. The lowest BCUT2D eigenvalue weighted by atomic mass is 10.0. The second-order valence-corrected chi connectivity index (χ2v) is 6.79. The summed E-state index contributed by atoms with van der Waals surface area (Å²) in [6.07, 6.45) is 1.59. The number of nitrogens with one attached hydrogen (secondary N) is 2.